The molecule has 2 aliphatic carbocycles. The maximum atomic E-state index is 5.22. The van der Waals surface area contributed by atoms with Gasteiger partial charge in [0.15, 0.2) is 32.6 Å². The van der Waals surface area contributed by atoms with E-state index in [-0.39, 0.29) is 0 Å². The van der Waals surface area contributed by atoms with Crippen LogP contribution in [0.15, 0.2) is 83.9 Å². The Morgan fingerprint density at radius 2 is 1.07 bits per heavy atom. The molecule has 230 valence electrons. The van der Waals surface area contributed by atoms with E-state index in [1.54, 1.807) is 60.7 Å². The molecule has 0 atom stereocenters. The SMILES string of the molecule is CSc1nnc(-c2ccncc2)n1C.CSc1nnc(-c2ccncc2)n1C1CC1.S=c1[nH]nc(-c2ccncc2)n1C1CC1. The third-order valence-corrected chi connectivity index (χ3v) is 8.86. The molecule has 6 aromatic rings. The van der Waals surface area contributed by atoms with E-state index in [9.17, 15) is 0 Å². The molecule has 6 aromatic heterocycles. The van der Waals surface area contributed by atoms with Crippen LogP contribution >= 0.6 is 35.7 Å². The van der Waals surface area contributed by atoms with Crippen molar-refractivity contribution in [3.63, 3.8) is 0 Å². The molecule has 6 heterocycles. The number of hydrogen-bond acceptors (Lipinski definition) is 11. The first-order chi connectivity index (χ1) is 22.1. The van der Waals surface area contributed by atoms with Gasteiger partial charge in [-0.05, 0) is 86.8 Å². The van der Waals surface area contributed by atoms with Crippen LogP contribution in [0.4, 0.5) is 0 Å². The number of nitrogens with one attached hydrogen (secondary N) is 1. The zero-order valence-electron chi connectivity index (χ0n) is 25.1. The lowest BCUT2D eigenvalue weighted by atomic mass is 10.2. The summed E-state index contributed by atoms with van der Waals surface area (Å²) in [6, 6.07) is 12.8. The first kappa shape index (κ1) is 30.8. The molecule has 0 aromatic carbocycles. The standard InChI is InChI=1S/C11H12N4S.C10H10N4S.C9H10N4S/c1-16-11-14-13-10(15(11)9-2-3-9)8-4-6-12-7-5-8;15-10-13-12-9(14(10)8-1-2-8)7-3-5-11-6-4-7;1-13-8(11-12-9(13)14-2)7-3-5-10-6-4-7/h4-7,9H,2-3H2,1H3;3-6,8H,1-2H2,(H,13,15);3-6H,1-2H3. The molecule has 0 bridgehead atoms. The smallest absolute Gasteiger partial charge is 0.195 e. The molecule has 0 aliphatic heterocycles. The van der Waals surface area contributed by atoms with Gasteiger partial charge in [-0.25, -0.2) is 0 Å². The molecule has 2 saturated carbocycles. The van der Waals surface area contributed by atoms with Crippen molar-refractivity contribution in [2.75, 3.05) is 12.5 Å². The highest BCUT2D eigenvalue weighted by Gasteiger charge is 2.30. The maximum absolute atomic E-state index is 5.22. The quantitative estimate of drug-likeness (QED) is 0.153. The Kier molecular flexibility index (Phi) is 9.76. The van der Waals surface area contributed by atoms with Crippen LogP contribution in [0.5, 0.6) is 0 Å². The lowest BCUT2D eigenvalue weighted by molar-refractivity contribution is 0.670. The van der Waals surface area contributed by atoms with Crippen LogP contribution in [0.2, 0.25) is 0 Å². The van der Waals surface area contributed by atoms with Crippen molar-refractivity contribution < 1.29 is 0 Å². The summed E-state index contributed by atoms with van der Waals surface area (Å²) in [5.74, 6) is 2.76. The zero-order valence-corrected chi connectivity index (χ0v) is 27.5. The van der Waals surface area contributed by atoms with Crippen LogP contribution in [0.25, 0.3) is 34.2 Å². The van der Waals surface area contributed by atoms with Gasteiger partial charge in [0.05, 0.1) is 0 Å². The second-order valence-electron chi connectivity index (χ2n) is 10.3. The second-order valence-corrected chi connectivity index (χ2v) is 12.3. The number of thioether (sulfide) groups is 2. The zero-order chi connectivity index (χ0) is 31.2. The van der Waals surface area contributed by atoms with Crippen LogP contribution in [-0.2, 0) is 7.05 Å². The van der Waals surface area contributed by atoms with Gasteiger partial charge in [-0.3, -0.25) is 29.2 Å². The van der Waals surface area contributed by atoms with Gasteiger partial charge in [0.25, 0.3) is 0 Å². The van der Waals surface area contributed by atoms with Crippen molar-refractivity contribution in [1.29, 1.82) is 0 Å². The van der Waals surface area contributed by atoms with E-state index in [1.807, 2.05) is 60.5 Å². The van der Waals surface area contributed by atoms with E-state index < -0.39 is 0 Å². The van der Waals surface area contributed by atoms with Crippen molar-refractivity contribution in [2.24, 2.45) is 7.05 Å². The summed E-state index contributed by atoms with van der Waals surface area (Å²) in [4.78, 5) is 12.0. The van der Waals surface area contributed by atoms with E-state index in [0.717, 1.165) is 44.5 Å². The summed E-state index contributed by atoms with van der Waals surface area (Å²) in [7, 11) is 1.96. The van der Waals surface area contributed by atoms with Crippen LogP contribution in [-0.4, -0.2) is 71.8 Å². The highest BCUT2D eigenvalue weighted by molar-refractivity contribution is 7.98. The lowest BCUT2D eigenvalue weighted by Gasteiger charge is -2.06. The van der Waals surface area contributed by atoms with Gasteiger partial charge in [0, 0.05) is 73.0 Å². The summed E-state index contributed by atoms with van der Waals surface area (Å²) >= 11 is 8.46. The number of aromatic nitrogens is 12. The predicted octanol–water partition coefficient (Wildman–Crippen LogP) is 6.33. The highest BCUT2D eigenvalue weighted by Crippen LogP contribution is 2.40. The summed E-state index contributed by atoms with van der Waals surface area (Å²) in [5.41, 5.74) is 3.19. The van der Waals surface area contributed by atoms with Gasteiger partial charge in [0.1, 0.15) is 0 Å². The molecule has 0 saturated heterocycles. The maximum Gasteiger partial charge on any atom is 0.195 e. The van der Waals surface area contributed by atoms with E-state index in [2.05, 4.69) is 54.7 Å². The Balaban J connectivity index is 0.000000119. The Bertz CT molecular complexity index is 1880. The summed E-state index contributed by atoms with van der Waals surface area (Å²) in [5, 5.41) is 25.7. The van der Waals surface area contributed by atoms with Crippen molar-refractivity contribution in [3.8, 4) is 34.2 Å². The summed E-state index contributed by atoms with van der Waals surface area (Å²) < 4.78 is 7.04. The fraction of sp³-hybridized carbons (Fsp3) is 0.300. The minimum absolute atomic E-state index is 0.541. The normalized spacial score (nSPS) is 13.8. The van der Waals surface area contributed by atoms with Gasteiger partial charge in [-0.1, -0.05) is 23.5 Å². The van der Waals surface area contributed by atoms with E-state index in [0.29, 0.717) is 16.9 Å². The lowest BCUT2D eigenvalue weighted by Crippen LogP contribution is -1.99. The van der Waals surface area contributed by atoms with Gasteiger partial charge in [-0.2, -0.15) is 5.10 Å². The van der Waals surface area contributed by atoms with Crippen molar-refractivity contribution in [1.82, 2.24) is 59.2 Å². The van der Waals surface area contributed by atoms with Crippen LogP contribution in [0.3, 0.4) is 0 Å². The number of nitrogens with zero attached hydrogens (tertiary/aromatic N) is 11. The van der Waals surface area contributed by atoms with E-state index >= 15 is 0 Å². The minimum Gasteiger partial charge on any atom is -0.305 e. The van der Waals surface area contributed by atoms with Gasteiger partial charge < -0.3 is 4.57 Å². The minimum atomic E-state index is 0.541. The molecule has 0 amide bonds. The van der Waals surface area contributed by atoms with Crippen LogP contribution in [0.1, 0.15) is 37.8 Å². The van der Waals surface area contributed by atoms with E-state index in [4.69, 9.17) is 12.2 Å². The first-order valence-corrected chi connectivity index (χ1v) is 17.2. The topological polar surface area (TPSA) is 134 Å². The molecule has 45 heavy (non-hydrogen) atoms. The molecule has 2 fully saturated rings. The van der Waals surface area contributed by atoms with E-state index in [1.165, 1.54) is 25.7 Å². The highest BCUT2D eigenvalue weighted by atomic mass is 32.2. The first-order valence-electron chi connectivity index (χ1n) is 14.4. The Hall–Kier alpha value is -4.21. The molecule has 8 rings (SSSR count). The van der Waals surface area contributed by atoms with Gasteiger partial charge in [-0.15, -0.1) is 20.4 Å². The molecule has 0 spiro atoms. The number of aromatic amines is 1. The molecule has 15 heteroatoms. The molecule has 12 nitrogen and oxygen atoms in total. The van der Waals surface area contributed by atoms with Gasteiger partial charge in [0.2, 0.25) is 0 Å². The fourth-order valence-electron chi connectivity index (χ4n) is 4.70. The van der Waals surface area contributed by atoms with Crippen LogP contribution in [0, 0.1) is 4.77 Å². The monoisotopic (exact) mass is 656 g/mol. The average Bonchev–Trinajstić information content (AvgIpc) is 4.01. The number of pyridine rings is 3. The van der Waals surface area contributed by atoms with Crippen molar-refractivity contribution in [3.05, 3.63) is 78.4 Å². The molecule has 0 radical (unpaired) electrons. The fourth-order valence-corrected chi connectivity index (χ4v) is 6.02. The third kappa shape index (κ3) is 7.21. The molecule has 0 unspecified atom stereocenters. The van der Waals surface area contributed by atoms with Crippen molar-refractivity contribution >= 4 is 35.7 Å². The van der Waals surface area contributed by atoms with Crippen LogP contribution < -0.4 is 0 Å². The number of H-pyrrole nitrogens is 1. The largest absolute Gasteiger partial charge is 0.305 e. The third-order valence-electron chi connectivity index (χ3n) is 7.21. The molecular formula is C30H32N12S3. The average molecular weight is 657 g/mol. The molecular weight excluding hydrogens is 625 g/mol. The molecule has 1 N–H and O–H groups in total. The number of rotatable bonds is 7. The molecule has 2 aliphatic rings. The Labute approximate surface area is 274 Å². The van der Waals surface area contributed by atoms with Crippen molar-refractivity contribution in [2.45, 2.75) is 48.1 Å². The Morgan fingerprint density at radius 1 is 0.622 bits per heavy atom. The predicted molar refractivity (Wildman–Crippen MR) is 178 cm³/mol. The Morgan fingerprint density at radius 3 is 1.56 bits per heavy atom. The summed E-state index contributed by atoms with van der Waals surface area (Å²) in [6.07, 6.45) is 19.5. The second kappa shape index (κ2) is 14.3. The number of hydrogen-bond donors (Lipinski definition) is 1. The summed E-state index contributed by atoms with van der Waals surface area (Å²) in [6.45, 7) is 0. The van der Waals surface area contributed by atoms with Gasteiger partial charge >= 0.3 is 0 Å².